The van der Waals surface area contributed by atoms with Crippen LogP contribution in [0.4, 0.5) is 11.4 Å². The highest BCUT2D eigenvalue weighted by Gasteiger charge is 2.25. The fraction of sp³-hybridized carbons (Fsp3) is 0.667. The number of benzene rings is 1. The number of nitrogens with zero attached hydrogens (tertiary/aromatic N) is 2. The van der Waals surface area contributed by atoms with Gasteiger partial charge in [0.2, 0.25) is 11.8 Å². The molecule has 0 saturated carbocycles. The van der Waals surface area contributed by atoms with E-state index in [9.17, 15) is 9.59 Å². The average molecular weight is 447 g/mol. The van der Waals surface area contributed by atoms with E-state index in [1.807, 2.05) is 38.1 Å². The summed E-state index contributed by atoms with van der Waals surface area (Å²) in [6.07, 6.45) is 2.63. The molecule has 0 aromatic heterocycles. The second-order valence-electron chi connectivity index (χ2n) is 8.81. The third-order valence-electron chi connectivity index (χ3n) is 5.92. The average Bonchev–Trinajstić information content (AvgIpc) is 2.80. The topological polar surface area (TPSA) is 83.1 Å². The molecule has 2 aliphatic rings. The summed E-state index contributed by atoms with van der Waals surface area (Å²) in [6.45, 7) is 10.5. The number of piperidine rings is 1. The van der Waals surface area contributed by atoms with E-state index in [1.54, 1.807) is 0 Å². The van der Waals surface area contributed by atoms with Gasteiger partial charge < -0.3 is 25.0 Å². The number of hydrogen-bond donors (Lipinski definition) is 2. The van der Waals surface area contributed by atoms with Gasteiger partial charge in [-0.25, -0.2) is 0 Å². The molecule has 0 spiro atoms. The molecule has 0 radical (unpaired) electrons. The van der Waals surface area contributed by atoms with Crippen LogP contribution in [0, 0.1) is 5.92 Å². The number of rotatable bonds is 10. The van der Waals surface area contributed by atoms with Gasteiger partial charge in [0.1, 0.15) is 0 Å². The van der Waals surface area contributed by atoms with Crippen LogP contribution in [0.1, 0.15) is 33.1 Å². The summed E-state index contributed by atoms with van der Waals surface area (Å²) in [5.41, 5.74) is 1.96. The molecule has 0 bridgehead atoms. The van der Waals surface area contributed by atoms with E-state index in [4.69, 9.17) is 9.47 Å². The van der Waals surface area contributed by atoms with Crippen LogP contribution in [-0.4, -0.2) is 81.9 Å². The normalized spacial score (nSPS) is 18.0. The first-order valence-corrected chi connectivity index (χ1v) is 11.9. The summed E-state index contributed by atoms with van der Waals surface area (Å²) in [4.78, 5) is 29.2. The monoisotopic (exact) mass is 446 g/mol. The number of anilines is 2. The molecular formula is C24H38N4O4. The lowest BCUT2D eigenvalue weighted by Crippen LogP contribution is -2.43. The van der Waals surface area contributed by atoms with Crippen molar-refractivity contribution in [2.24, 2.45) is 5.92 Å². The predicted octanol–water partition coefficient (Wildman–Crippen LogP) is 2.11. The summed E-state index contributed by atoms with van der Waals surface area (Å²) >= 11 is 0. The molecule has 1 aromatic carbocycles. The number of likely N-dealkylation sites (tertiary alicyclic amines) is 1. The minimum Gasteiger partial charge on any atom is -0.379 e. The molecule has 2 aliphatic heterocycles. The number of carbonyl (C=O) groups is 2. The van der Waals surface area contributed by atoms with E-state index in [0.29, 0.717) is 19.7 Å². The number of morpholine rings is 1. The molecule has 8 nitrogen and oxygen atoms in total. The summed E-state index contributed by atoms with van der Waals surface area (Å²) in [5, 5.41) is 6.00. The van der Waals surface area contributed by atoms with Crippen molar-refractivity contribution in [2.45, 2.75) is 39.2 Å². The number of hydrogen-bond acceptors (Lipinski definition) is 6. The molecular weight excluding hydrogens is 408 g/mol. The van der Waals surface area contributed by atoms with Crippen LogP contribution in [0.25, 0.3) is 0 Å². The first-order valence-electron chi connectivity index (χ1n) is 11.9. The van der Waals surface area contributed by atoms with Gasteiger partial charge in [0.15, 0.2) is 0 Å². The largest absolute Gasteiger partial charge is 0.379 e. The SMILES string of the molecule is CC(C)OCCCNC(=O)C1CCN(CC(=O)Nc2ccc(N3CCOCC3)cc2)CC1. The Bertz CT molecular complexity index is 711. The van der Waals surface area contributed by atoms with Gasteiger partial charge in [0.25, 0.3) is 0 Å². The molecule has 32 heavy (non-hydrogen) atoms. The Morgan fingerprint density at radius 3 is 2.44 bits per heavy atom. The highest BCUT2D eigenvalue weighted by molar-refractivity contribution is 5.92. The number of ether oxygens (including phenoxy) is 2. The molecule has 0 aliphatic carbocycles. The molecule has 1 aromatic rings. The quantitative estimate of drug-likeness (QED) is 0.536. The molecule has 0 unspecified atom stereocenters. The Morgan fingerprint density at radius 1 is 1.09 bits per heavy atom. The van der Waals surface area contributed by atoms with Gasteiger partial charge >= 0.3 is 0 Å². The van der Waals surface area contributed by atoms with Gasteiger partial charge in [0, 0.05) is 43.5 Å². The zero-order valence-electron chi connectivity index (χ0n) is 19.5. The van der Waals surface area contributed by atoms with Crippen molar-refractivity contribution < 1.29 is 19.1 Å². The van der Waals surface area contributed by atoms with Crippen molar-refractivity contribution >= 4 is 23.2 Å². The first kappa shape index (κ1) is 24.5. The van der Waals surface area contributed by atoms with Crippen molar-refractivity contribution in [3.05, 3.63) is 24.3 Å². The molecule has 2 fully saturated rings. The van der Waals surface area contributed by atoms with Crippen LogP contribution in [0.15, 0.2) is 24.3 Å². The van der Waals surface area contributed by atoms with E-state index in [0.717, 1.165) is 70.0 Å². The summed E-state index contributed by atoms with van der Waals surface area (Å²) in [5.74, 6) is 0.143. The maximum atomic E-state index is 12.5. The van der Waals surface area contributed by atoms with Crippen LogP contribution in [0.3, 0.4) is 0 Å². The Balaban J connectivity index is 1.32. The smallest absolute Gasteiger partial charge is 0.238 e. The standard InChI is InChI=1S/C24H38N4O4/c1-19(2)32-15-3-10-25-24(30)20-8-11-27(12-9-20)18-23(29)26-21-4-6-22(7-5-21)28-13-16-31-17-14-28/h4-7,19-20H,3,8-18H2,1-2H3,(H,25,30)(H,26,29). The van der Waals surface area contributed by atoms with E-state index in [1.165, 1.54) is 0 Å². The third-order valence-corrected chi connectivity index (χ3v) is 5.92. The molecule has 2 heterocycles. The van der Waals surface area contributed by atoms with Gasteiger partial charge in [0.05, 0.1) is 25.9 Å². The fourth-order valence-electron chi connectivity index (χ4n) is 4.08. The molecule has 2 saturated heterocycles. The second kappa shape index (κ2) is 12.8. The Morgan fingerprint density at radius 2 is 1.78 bits per heavy atom. The van der Waals surface area contributed by atoms with E-state index < -0.39 is 0 Å². The van der Waals surface area contributed by atoms with Gasteiger partial charge in [-0.3, -0.25) is 14.5 Å². The second-order valence-corrected chi connectivity index (χ2v) is 8.81. The van der Waals surface area contributed by atoms with Crippen molar-refractivity contribution in [3.63, 3.8) is 0 Å². The lowest BCUT2D eigenvalue weighted by Gasteiger charge is -2.30. The molecule has 2 N–H and O–H groups in total. The first-order chi connectivity index (χ1) is 15.5. The minimum atomic E-state index is -0.0165. The Labute approximate surface area is 191 Å². The van der Waals surface area contributed by atoms with Crippen LogP contribution < -0.4 is 15.5 Å². The van der Waals surface area contributed by atoms with Gasteiger partial charge in [-0.1, -0.05) is 0 Å². The number of carbonyl (C=O) groups excluding carboxylic acids is 2. The van der Waals surface area contributed by atoms with E-state index >= 15 is 0 Å². The maximum Gasteiger partial charge on any atom is 0.238 e. The lowest BCUT2D eigenvalue weighted by atomic mass is 9.96. The minimum absolute atomic E-state index is 0.0165. The molecule has 8 heteroatoms. The third kappa shape index (κ3) is 8.07. The van der Waals surface area contributed by atoms with Crippen molar-refractivity contribution in [1.29, 1.82) is 0 Å². The van der Waals surface area contributed by atoms with Crippen LogP contribution >= 0.6 is 0 Å². The van der Waals surface area contributed by atoms with Crippen molar-refractivity contribution in [1.82, 2.24) is 10.2 Å². The van der Waals surface area contributed by atoms with Gasteiger partial charge in [-0.05, 0) is 70.5 Å². The summed E-state index contributed by atoms with van der Waals surface area (Å²) < 4.78 is 10.9. The zero-order valence-corrected chi connectivity index (χ0v) is 19.5. The molecule has 0 atom stereocenters. The highest BCUT2D eigenvalue weighted by atomic mass is 16.5. The zero-order chi connectivity index (χ0) is 22.8. The van der Waals surface area contributed by atoms with Gasteiger partial charge in [-0.15, -0.1) is 0 Å². The summed E-state index contributed by atoms with van der Waals surface area (Å²) in [6, 6.07) is 7.98. The number of amides is 2. The van der Waals surface area contributed by atoms with Gasteiger partial charge in [-0.2, -0.15) is 0 Å². The summed E-state index contributed by atoms with van der Waals surface area (Å²) in [7, 11) is 0. The molecule has 2 amide bonds. The maximum absolute atomic E-state index is 12.5. The van der Waals surface area contributed by atoms with Crippen LogP contribution in [-0.2, 0) is 19.1 Å². The number of nitrogens with one attached hydrogen (secondary N) is 2. The van der Waals surface area contributed by atoms with Crippen LogP contribution in [0.5, 0.6) is 0 Å². The Hall–Kier alpha value is -2.16. The van der Waals surface area contributed by atoms with Crippen LogP contribution in [0.2, 0.25) is 0 Å². The molecule has 178 valence electrons. The van der Waals surface area contributed by atoms with Crippen molar-refractivity contribution in [2.75, 3.05) is 69.3 Å². The van der Waals surface area contributed by atoms with Crippen molar-refractivity contribution in [3.8, 4) is 0 Å². The molecule has 3 rings (SSSR count). The van der Waals surface area contributed by atoms with E-state index in [2.05, 4.69) is 20.4 Å². The fourth-order valence-corrected chi connectivity index (χ4v) is 4.08. The lowest BCUT2D eigenvalue weighted by molar-refractivity contribution is -0.126. The highest BCUT2D eigenvalue weighted by Crippen LogP contribution is 2.20. The van der Waals surface area contributed by atoms with E-state index in [-0.39, 0.29) is 23.8 Å². The Kier molecular flexibility index (Phi) is 9.77. The predicted molar refractivity (Wildman–Crippen MR) is 126 cm³/mol.